The third-order valence-corrected chi connectivity index (χ3v) is 4.65. The SMILES string of the molecule is CCOC(=O)[C@H](O)[C@@H](Cc1ccccc1)NC(=O)CCCc1ccccc1C(=O)O. The minimum Gasteiger partial charge on any atom is -0.478 e. The molecular formula is C23H27NO6. The molecular weight excluding hydrogens is 386 g/mol. The Morgan fingerprint density at radius 3 is 2.37 bits per heavy atom. The highest BCUT2D eigenvalue weighted by molar-refractivity contribution is 5.89. The van der Waals surface area contributed by atoms with Crippen molar-refractivity contribution in [2.24, 2.45) is 0 Å². The van der Waals surface area contributed by atoms with Gasteiger partial charge in [0.15, 0.2) is 6.10 Å². The summed E-state index contributed by atoms with van der Waals surface area (Å²) in [5, 5.41) is 22.3. The van der Waals surface area contributed by atoms with Crippen molar-refractivity contribution in [3.8, 4) is 0 Å². The van der Waals surface area contributed by atoms with Gasteiger partial charge in [-0.25, -0.2) is 9.59 Å². The van der Waals surface area contributed by atoms with Gasteiger partial charge in [0.1, 0.15) is 0 Å². The van der Waals surface area contributed by atoms with E-state index in [1.165, 1.54) is 6.07 Å². The first-order valence-corrected chi connectivity index (χ1v) is 9.91. The van der Waals surface area contributed by atoms with Crippen LogP contribution >= 0.6 is 0 Å². The third kappa shape index (κ3) is 7.00. The molecule has 2 aromatic carbocycles. The monoisotopic (exact) mass is 413 g/mol. The van der Waals surface area contributed by atoms with Gasteiger partial charge in [0.25, 0.3) is 0 Å². The summed E-state index contributed by atoms with van der Waals surface area (Å²) in [6, 6.07) is 15.1. The molecule has 0 heterocycles. The number of amides is 1. The second kappa shape index (κ2) is 11.7. The number of hydrogen-bond acceptors (Lipinski definition) is 5. The lowest BCUT2D eigenvalue weighted by Crippen LogP contribution is -2.48. The molecule has 7 heteroatoms. The predicted molar refractivity (Wildman–Crippen MR) is 111 cm³/mol. The number of aromatic carboxylic acids is 1. The zero-order valence-electron chi connectivity index (χ0n) is 16.9. The standard InChI is InChI=1S/C23H27NO6/c1-2-30-23(29)21(26)19(15-16-9-4-3-5-10-16)24-20(25)14-8-12-17-11-6-7-13-18(17)22(27)28/h3-7,9-11,13,19,21,26H,2,8,12,14-15H2,1H3,(H,24,25)(H,27,28)/t19-,21-/m1/s1. The van der Waals surface area contributed by atoms with Gasteiger partial charge < -0.3 is 20.3 Å². The lowest BCUT2D eigenvalue weighted by Gasteiger charge is -2.23. The molecule has 0 saturated carbocycles. The molecule has 0 aliphatic heterocycles. The van der Waals surface area contributed by atoms with E-state index in [4.69, 9.17) is 4.74 Å². The number of aliphatic hydroxyl groups is 1. The van der Waals surface area contributed by atoms with Crippen molar-refractivity contribution >= 4 is 17.8 Å². The van der Waals surface area contributed by atoms with Crippen molar-refractivity contribution in [3.63, 3.8) is 0 Å². The van der Waals surface area contributed by atoms with Gasteiger partial charge in [-0.15, -0.1) is 0 Å². The summed E-state index contributed by atoms with van der Waals surface area (Å²) in [4.78, 5) is 35.7. The van der Waals surface area contributed by atoms with Crippen LogP contribution in [-0.2, 0) is 27.2 Å². The molecule has 0 fully saturated rings. The Morgan fingerprint density at radius 2 is 1.70 bits per heavy atom. The van der Waals surface area contributed by atoms with E-state index < -0.39 is 24.1 Å². The number of rotatable bonds is 11. The number of carbonyl (C=O) groups excluding carboxylic acids is 2. The highest BCUT2D eigenvalue weighted by Crippen LogP contribution is 2.13. The topological polar surface area (TPSA) is 113 Å². The molecule has 0 unspecified atom stereocenters. The molecule has 0 radical (unpaired) electrons. The van der Waals surface area contributed by atoms with Gasteiger partial charge in [-0.3, -0.25) is 4.79 Å². The summed E-state index contributed by atoms with van der Waals surface area (Å²) < 4.78 is 4.88. The summed E-state index contributed by atoms with van der Waals surface area (Å²) in [7, 11) is 0. The predicted octanol–water partition coefficient (Wildman–Crippen LogP) is 2.36. The molecule has 0 bridgehead atoms. The van der Waals surface area contributed by atoms with E-state index in [0.29, 0.717) is 18.4 Å². The molecule has 0 aliphatic rings. The van der Waals surface area contributed by atoms with Crippen molar-refractivity contribution in [1.82, 2.24) is 5.32 Å². The van der Waals surface area contributed by atoms with Gasteiger partial charge in [-0.05, 0) is 43.4 Å². The number of esters is 1. The second-order valence-electron chi connectivity index (χ2n) is 6.88. The number of aryl methyl sites for hydroxylation is 1. The van der Waals surface area contributed by atoms with Crippen LogP contribution in [0.1, 0.15) is 41.3 Å². The summed E-state index contributed by atoms with van der Waals surface area (Å²) in [6.07, 6.45) is -0.214. The zero-order valence-corrected chi connectivity index (χ0v) is 16.9. The van der Waals surface area contributed by atoms with Crippen LogP contribution in [-0.4, -0.2) is 46.8 Å². The van der Waals surface area contributed by atoms with E-state index in [0.717, 1.165) is 5.56 Å². The Bertz CT molecular complexity index is 852. The molecule has 30 heavy (non-hydrogen) atoms. The number of carboxylic acid groups (broad SMARTS) is 1. The molecule has 7 nitrogen and oxygen atoms in total. The summed E-state index contributed by atoms with van der Waals surface area (Å²) >= 11 is 0. The van der Waals surface area contributed by atoms with Crippen LogP contribution in [0.3, 0.4) is 0 Å². The first kappa shape index (κ1) is 23.1. The van der Waals surface area contributed by atoms with Gasteiger partial charge in [0.05, 0.1) is 18.2 Å². The maximum Gasteiger partial charge on any atom is 0.337 e. The largest absolute Gasteiger partial charge is 0.478 e. The van der Waals surface area contributed by atoms with E-state index in [1.54, 1.807) is 25.1 Å². The quantitative estimate of drug-likeness (QED) is 0.488. The third-order valence-electron chi connectivity index (χ3n) is 4.65. The molecule has 0 spiro atoms. The fourth-order valence-electron chi connectivity index (χ4n) is 3.17. The van der Waals surface area contributed by atoms with Gasteiger partial charge >= 0.3 is 11.9 Å². The highest BCUT2D eigenvalue weighted by Gasteiger charge is 2.29. The van der Waals surface area contributed by atoms with Crippen molar-refractivity contribution in [2.45, 2.75) is 44.8 Å². The first-order valence-electron chi connectivity index (χ1n) is 9.91. The van der Waals surface area contributed by atoms with E-state index in [9.17, 15) is 24.6 Å². The van der Waals surface area contributed by atoms with Crippen LogP contribution in [0.15, 0.2) is 54.6 Å². The van der Waals surface area contributed by atoms with E-state index in [2.05, 4.69) is 5.32 Å². The molecule has 3 N–H and O–H groups in total. The van der Waals surface area contributed by atoms with Gasteiger partial charge in [0, 0.05) is 6.42 Å². The van der Waals surface area contributed by atoms with Crippen molar-refractivity contribution in [1.29, 1.82) is 0 Å². The molecule has 0 aliphatic carbocycles. The number of carboxylic acids is 1. The van der Waals surface area contributed by atoms with Crippen LogP contribution in [0, 0.1) is 0 Å². The zero-order chi connectivity index (χ0) is 21.9. The van der Waals surface area contributed by atoms with Crippen LogP contribution in [0.2, 0.25) is 0 Å². The van der Waals surface area contributed by atoms with Crippen molar-refractivity contribution in [3.05, 3.63) is 71.3 Å². The number of benzene rings is 2. The highest BCUT2D eigenvalue weighted by atomic mass is 16.5. The number of ether oxygens (including phenoxy) is 1. The smallest absolute Gasteiger partial charge is 0.337 e. The molecule has 160 valence electrons. The molecule has 2 atom stereocenters. The van der Waals surface area contributed by atoms with Gasteiger partial charge in [0.2, 0.25) is 5.91 Å². The fourth-order valence-corrected chi connectivity index (χ4v) is 3.17. The van der Waals surface area contributed by atoms with Crippen molar-refractivity contribution in [2.75, 3.05) is 6.61 Å². The van der Waals surface area contributed by atoms with Gasteiger partial charge in [-0.1, -0.05) is 48.5 Å². The average molecular weight is 413 g/mol. The Labute approximate surface area is 175 Å². The van der Waals surface area contributed by atoms with E-state index in [-0.39, 0.29) is 30.9 Å². The minimum absolute atomic E-state index is 0.130. The Hall–Kier alpha value is -3.19. The Morgan fingerprint density at radius 1 is 1.03 bits per heavy atom. The molecule has 1 amide bonds. The lowest BCUT2D eigenvalue weighted by molar-refractivity contribution is -0.154. The number of aliphatic hydroxyl groups excluding tert-OH is 1. The van der Waals surface area contributed by atoms with Gasteiger partial charge in [-0.2, -0.15) is 0 Å². The minimum atomic E-state index is -1.48. The molecule has 2 aromatic rings. The Kier molecular flexibility index (Phi) is 9.03. The maximum absolute atomic E-state index is 12.4. The molecule has 0 saturated heterocycles. The Balaban J connectivity index is 1.98. The van der Waals surface area contributed by atoms with Crippen LogP contribution in [0.4, 0.5) is 0 Å². The summed E-state index contributed by atoms with van der Waals surface area (Å²) in [6.45, 7) is 1.77. The maximum atomic E-state index is 12.4. The van der Waals surface area contributed by atoms with Crippen LogP contribution in [0.25, 0.3) is 0 Å². The van der Waals surface area contributed by atoms with E-state index in [1.807, 2.05) is 30.3 Å². The number of hydrogen-bond donors (Lipinski definition) is 3. The van der Waals surface area contributed by atoms with Crippen molar-refractivity contribution < 1.29 is 29.3 Å². The molecule has 2 rings (SSSR count). The summed E-state index contributed by atoms with van der Waals surface area (Å²) in [5.74, 6) is -2.11. The first-order chi connectivity index (χ1) is 14.4. The van der Waals surface area contributed by atoms with Crippen LogP contribution < -0.4 is 5.32 Å². The normalized spacial score (nSPS) is 12.6. The fraction of sp³-hybridized carbons (Fsp3) is 0.348. The molecule has 0 aromatic heterocycles. The summed E-state index contributed by atoms with van der Waals surface area (Å²) in [5.41, 5.74) is 1.74. The number of nitrogens with one attached hydrogen (secondary N) is 1. The van der Waals surface area contributed by atoms with E-state index >= 15 is 0 Å². The lowest BCUT2D eigenvalue weighted by atomic mass is 10.00. The second-order valence-corrected chi connectivity index (χ2v) is 6.88. The average Bonchev–Trinajstić information content (AvgIpc) is 2.74. The van der Waals surface area contributed by atoms with Crippen LogP contribution in [0.5, 0.6) is 0 Å². The number of carbonyl (C=O) groups is 3.